The van der Waals surface area contributed by atoms with Crippen LogP contribution in [0.1, 0.15) is 49.1 Å². The molecule has 0 spiro atoms. The van der Waals surface area contributed by atoms with Gasteiger partial charge in [-0.05, 0) is 78.3 Å². The molecule has 4 aromatic carbocycles. The van der Waals surface area contributed by atoms with E-state index in [1.807, 2.05) is 11.9 Å². The van der Waals surface area contributed by atoms with Crippen LogP contribution in [0.15, 0.2) is 94.5 Å². The Morgan fingerprint density at radius 1 is 1.00 bits per heavy atom. The number of carbonyl (C=O) groups is 2. The van der Waals surface area contributed by atoms with E-state index in [2.05, 4.69) is 31.8 Å². The van der Waals surface area contributed by atoms with E-state index in [-0.39, 0.29) is 22.6 Å². The highest BCUT2D eigenvalue weighted by atomic mass is 79.9. The molecule has 0 aliphatic rings. The highest BCUT2D eigenvalue weighted by molar-refractivity contribution is 9.10. The number of hydrogen-bond acceptors (Lipinski definition) is 6. The van der Waals surface area contributed by atoms with E-state index < -0.39 is 34.7 Å². The van der Waals surface area contributed by atoms with Crippen molar-refractivity contribution in [2.45, 2.75) is 18.8 Å². The van der Waals surface area contributed by atoms with Gasteiger partial charge in [0, 0.05) is 23.1 Å². The molecule has 8 nitrogen and oxygen atoms in total. The van der Waals surface area contributed by atoms with Crippen molar-refractivity contribution in [1.82, 2.24) is 10.3 Å². The van der Waals surface area contributed by atoms with Crippen molar-refractivity contribution in [2.24, 2.45) is 5.10 Å². The van der Waals surface area contributed by atoms with Crippen molar-refractivity contribution >= 4 is 51.2 Å². The molecule has 0 aliphatic carbocycles. The van der Waals surface area contributed by atoms with Crippen LogP contribution in [0, 0.1) is 0 Å². The fourth-order valence-corrected chi connectivity index (χ4v) is 4.89. The molecule has 0 bridgehead atoms. The summed E-state index contributed by atoms with van der Waals surface area (Å²) in [6.07, 6.45) is -4.35. The van der Waals surface area contributed by atoms with Gasteiger partial charge in [-0.25, -0.2) is 5.43 Å². The summed E-state index contributed by atoms with van der Waals surface area (Å²) < 4.78 is 39.9. The lowest BCUT2D eigenvalue weighted by molar-refractivity contribution is -0.137. The quantitative estimate of drug-likeness (QED) is 0.105. The normalized spacial score (nSPS) is 12.4. The molecule has 45 heavy (non-hydrogen) atoms. The highest BCUT2D eigenvalue weighted by Gasteiger charge is 2.33. The number of amides is 2. The fourth-order valence-electron chi connectivity index (χ4n) is 4.31. The second kappa shape index (κ2) is 14.7. The first-order valence-corrected chi connectivity index (χ1v) is 14.5. The summed E-state index contributed by atoms with van der Waals surface area (Å²) in [5.74, 6) is -1.06. The molecule has 4 rings (SSSR count). The average molecular weight is 704 g/mol. The van der Waals surface area contributed by atoms with Crippen LogP contribution >= 0.6 is 27.5 Å². The van der Waals surface area contributed by atoms with Gasteiger partial charge < -0.3 is 15.5 Å². The van der Waals surface area contributed by atoms with Crippen molar-refractivity contribution in [3.8, 4) is 5.75 Å². The number of phenolic OH excluding ortho intramolecular Hbond substituents is 1. The van der Waals surface area contributed by atoms with Crippen LogP contribution in [0.25, 0.3) is 0 Å². The Morgan fingerprint density at radius 3 is 2.36 bits per heavy atom. The molecule has 0 aromatic heterocycles. The summed E-state index contributed by atoms with van der Waals surface area (Å²) in [7, 11) is 1.85. The first-order chi connectivity index (χ1) is 21.3. The molecule has 13 heteroatoms. The second-order valence-corrected chi connectivity index (χ2v) is 11.4. The van der Waals surface area contributed by atoms with Gasteiger partial charge in [-0.15, -0.1) is 0 Å². The minimum Gasteiger partial charge on any atom is -0.508 e. The van der Waals surface area contributed by atoms with Crippen LogP contribution in [0.5, 0.6) is 5.75 Å². The van der Waals surface area contributed by atoms with Crippen molar-refractivity contribution in [2.75, 3.05) is 18.9 Å². The Kier molecular flexibility index (Phi) is 11.0. The van der Waals surface area contributed by atoms with Gasteiger partial charge in [-0.2, -0.15) is 18.3 Å². The smallest absolute Gasteiger partial charge is 0.417 e. The maximum Gasteiger partial charge on any atom is 0.417 e. The Bertz CT molecular complexity index is 1700. The minimum atomic E-state index is -4.65. The SMILES string of the molecule is CN(Cc1ccc(C(=O)Nc2ccc(Br)cc2C(=O)NN=Cc2ccc(Cl)c(C(F)(F)F)c2)cc1)CC(O)c1ccc(O)cc1. The van der Waals surface area contributed by atoms with Crippen LogP contribution in [-0.4, -0.2) is 46.7 Å². The predicted octanol–water partition coefficient (Wildman–Crippen LogP) is 7.01. The lowest BCUT2D eigenvalue weighted by Gasteiger charge is -2.21. The Morgan fingerprint density at radius 2 is 1.69 bits per heavy atom. The number of rotatable bonds is 10. The number of aromatic hydroxyl groups is 1. The number of hydrazone groups is 1. The van der Waals surface area contributed by atoms with Gasteiger partial charge in [0.1, 0.15) is 5.75 Å². The number of halogens is 5. The molecule has 0 saturated heterocycles. The maximum atomic E-state index is 13.1. The number of likely N-dealkylation sites (N-methyl/N-ethyl adjacent to an activating group) is 1. The molecule has 0 saturated carbocycles. The van der Waals surface area contributed by atoms with Crippen LogP contribution in [0.4, 0.5) is 18.9 Å². The number of alkyl halides is 3. The molecule has 1 atom stereocenters. The van der Waals surface area contributed by atoms with E-state index >= 15 is 0 Å². The molecule has 4 aromatic rings. The van der Waals surface area contributed by atoms with E-state index in [9.17, 15) is 33.0 Å². The van der Waals surface area contributed by atoms with E-state index in [1.54, 1.807) is 42.5 Å². The zero-order valence-corrected chi connectivity index (χ0v) is 26.0. The number of hydrogen-bond donors (Lipinski definition) is 4. The number of aliphatic hydroxyl groups excluding tert-OH is 1. The van der Waals surface area contributed by atoms with Crippen molar-refractivity contribution in [3.63, 3.8) is 0 Å². The first-order valence-electron chi connectivity index (χ1n) is 13.4. The largest absolute Gasteiger partial charge is 0.508 e. The van der Waals surface area contributed by atoms with E-state index in [0.717, 1.165) is 23.9 Å². The maximum absolute atomic E-state index is 13.1. The summed E-state index contributed by atoms with van der Waals surface area (Å²) in [5.41, 5.74) is 3.47. The van der Waals surface area contributed by atoms with E-state index in [4.69, 9.17) is 11.6 Å². The van der Waals surface area contributed by atoms with Gasteiger partial charge in [0.05, 0.1) is 34.2 Å². The van der Waals surface area contributed by atoms with Crippen LogP contribution in [0.3, 0.4) is 0 Å². The molecule has 0 aliphatic heterocycles. The summed E-state index contributed by atoms with van der Waals surface area (Å²) in [6.45, 7) is 0.849. The Balaban J connectivity index is 1.38. The number of carbonyl (C=O) groups excluding carboxylic acids is 2. The highest BCUT2D eigenvalue weighted by Crippen LogP contribution is 2.35. The third-order valence-electron chi connectivity index (χ3n) is 6.58. The minimum absolute atomic E-state index is 0.0624. The third-order valence-corrected chi connectivity index (χ3v) is 7.40. The summed E-state index contributed by atoms with van der Waals surface area (Å²) in [4.78, 5) is 27.8. The molecular weight excluding hydrogens is 677 g/mol. The molecule has 0 heterocycles. The van der Waals surface area contributed by atoms with E-state index in [1.165, 1.54) is 30.3 Å². The van der Waals surface area contributed by atoms with Crippen molar-refractivity contribution in [3.05, 3.63) is 128 Å². The molecule has 234 valence electrons. The van der Waals surface area contributed by atoms with Gasteiger partial charge in [-0.3, -0.25) is 14.5 Å². The van der Waals surface area contributed by atoms with Gasteiger partial charge >= 0.3 is 6.18 Å². The summed E-state index contributed by atoms with van der Waals surface area (Å²) >= 11 is 8.93. The third kappa shape index (κ3) is 9.38. The Hall–Kier alpha value is -4.23. The number of benzene rings is 4. The first kappa shape index (κ1) is 33.7. The van der Waals surface area contributed by atoms with Gasteiger partial charge in [0.25, 0.3) is 11.8 Å². The number of aliphatic hydroxyl groups is 1. The van der Waals surface area contributed by atoms with Crippen LogP contribution in [0.2, 0.25) is 5.02 Å². The van der Waals surface area contributed by atoms with Gasteiger partial charge in [0.15, 0.2) is 0 Å². The summed E-state index contributed by atoms with van der Waals surface area (Å²) in [5, 5.41) is 25.9. The molecular formula is C32H27BrClF3N4O4. The predicted molar refractivity (Wildman–Crippen MR) is 169 cm³/mol. The van der Waals surface area contributed by atoms with Gasteiger partial charge in [-0.1, -0.05) is 57.9 Å². The van der Waals surface area contributed by atoms with Crippen molar-refractivity contribution < 1.29 is 33.0 Å². The lowest BCUT2D eigenvalue weighted by atomic mass is 10.1. The molecule has 0 radical (unpaired) electrons. The second-order valence-electron chi connectivity index (χ2n) is 10.1. The zero-order valence-electron chi connectivity index (χ0n) is 23.6. The summed E-state index contributed by atoms with van der Waals surface area (Å²) in [6, 6.07) is 21.0. The lowest BCUT2D eigenvalue weighted by Crippen LogP contribution is -2.24. The number of phenols is 1. The standard InChI is InChI=1S/C32H27BrClF3N4O4/c1-41(18-29(43)21-7-10-24(42)11-8-21)17-19-2-5-22(6-3-19)30(44)39-28-13-9-23(33)15-25(28)31(45)40-38-16-20-4-12-27(34)26(14-20)32(35,36)37/h2-16,29,42-43H,17-18H2,1H3,(H,39,44)(H,40,45). The zero-order chi connectivity index (χ0) is 32.7. The molecule has 4 N–H and O–H groups in total. The number of nitrogens with one attached hydrogen (secondary N) is 2. The van der Waals surface area contributed by atoms with Crippen molar-refractivity contribution in [1.29, 1.82) is 0 Å². The molecule has 1 unspecified atom stereocenters. The fraction of sp³-hybridized carbons (Fsp3) is 0.156. The Labute approximate surface area is 270 Å². The number of anilines is 1. The molecule has 0 fully saturated rings. The van der Waals surface area contributed by atoms with E-state index in [0.29, 0.717) is 28.7 Å². The monoisotopic (exact) mass is 702 g/mol. The van der Waals surface area contributed by atoms with Crippen LogP contribution < -0.4 is 10.7 Å². The average Bonchev–Trinajstić information content (AvgIpc) is 2.98. The van der Waals surface area contributed by atoms with Crippen LogP contribution in [-0.2, 0) is 12.7 Å². The molecule has 2 amide bonds. The van der Waals surface area contributed by atoms with Gasteiger partial charge in [0.2, 0.25) is 0 Å². The topological polar surface area (TPSA) is 114 Å². The number of nitrogens with zero attached hydrogens (tertiary/aromatic N) is 2.